The summed E-state index contributed by atoms with van der Waals surface area (Å²) in [5.41, 5.74) is 3.47. The first-order valence-corrected chi connectivity index (χ1v) is 10.9. The van der Waals surface area contributed by atoms with E-state index < -0.39 is 5.97 Å². The number of nitrogens with one attached hydrogen (secondary N) is 1. The summed E-state index contributed by atoms with van der Waals surface area (Å²) in [6, 6.07) is 23.1. The highest BCUT2D eigenvalue weighted by Crippen LogP contribution is 2.35. The van der Waals surface area contributed by atoms with E-state index in [1.807, 2.05) is 36.4 Å². The number of carboxylic acid groups (broad SMARTS) is 1. The van der Waals surface area contributed by atoms with Crippen LogP contribution in [0.4, 0.5) is 5.69 Å². The van der Waals surface area contributed by atoms with Crippen LogP contribution in [0.1, 0.15) is 15.2 Å². The van der Waals surface area contributed by atoms with Crippen molar-refractivity contribution in [3.05, 3.63) is 89.3 Å². The fourth-order valence-corrected chi connectivity index (χ4v) is 4.55. The molecule has 33 heavy (non-hydrogen) atoms. The molecule has 0 radical (unpaired) electrons. The Hall–Kier alpha value is -4.10. The lowest BCUT2D eigenvalue weighted by Crippen LogP contribution is -2.12. The standard InChI is InChI=1S/C26H21NO5S/c1-32-23-14-18(28)9-11-20(23)16-5-4-6-17(13-16)26(31)27-22-8-3-2-7-21(22)24-12-10-19(33-24)15-25(29)30/h2-14,28H,15H2,1H3,(H,27,31)(H,29,30). The molecular weight excluding hydrogens is 438 g/mol. The molecule has 0 atom stereocenters. The molecule has 0 bridgehead atoms. The molecule has 166 valence electrons. The molecule has 0 spiro atoms. The van der Waals surface area contributed by atoms with Crippen molar-refractivity contribution in [1.29, 1.82) is 0 Å². The van der Waals surface area contributed by atoms with E-state index in [-0.39, 0.29) is 18.1 Å². The van der Waals surface area contributed by atoms with Gasteiger partial charge in [0, 0.05) is 38.2 Å². The van der Waals surface area contributed by atoms with Crippen LogP contribution < -0.4 is 10.1 Å². The number of amides is 1. The van der Waals surface area contributed by atoms with E-state index in [9.17, 15) is 14.7 Å². The number of benzene rings is 3. The molecule has 0 saturated carbocycles. The first-order valence-electron chi connectivity index (χ1n) is 10.1. The van der Waals surface area contributed by atoms with Gasteiger partial charge < -0.3 is 20.3 Å². The number of carboxylic acids is 1. The van der Waals surface area contributed by atoms with Crippen molar-refractivity contribution in [3.63, 3.8) is 0 Å². The van der Waals surface area contributed by atoms with Crippen molar-refractivity contribution >= 4 is 28.9 Å². The van der Waals surface area contributed by atoms with Crippen LogP contribution in [-0.2, 0) is 11.2 Å². The fraction of sp³-hybridized carbons (Fsp3) is 0.0769. The summed E-state index contributed by atoms with van der Waals surface area (Å²) in [5.74, 6) is -0.548. The van der Waals surface area contributed by atoms with Crippen LogP contribution in [0.3, 0.4) is 0 Å². The molecule has 0 aliphatic heterocycles. The van der Waals surface area contributed by atoms with Gasteiger partial charge in [0.15, 0.2) is 0 Å². The molecule has 7 heteroatoms. The molecule has 0 fully saturated rings. The number of phenolic OH excluding ortho intramolecular Hbond substituents is 1. The van der Waals surface area contributed by atoms with E-state index in [2.05, 4.69) is 5.32 Å². The highest BCUT2D eigenvalue weighted by Gasteiger charge is 2.14. The SMILES string of the molecule is COc1cc(O)ccc1-c1cccc(C(=O)Nc2ccccc2-c2ccc(CC(=O)O)s2)c1. The maximum atomic E-state index is 13.1. The zero-order valence-electron chi connectivity index (χ0n) is 17.7. The van der Waals surface area contributed by atoms with Crippen molar-refractivity contribution < 1.29 is 24.5 Å². The Kier molecular flexibility index (Phi) is 6.42. The molecule has 0 aliphatic rings. The average Bonchev–Trinajstić information content (AvgIpc) is 3.27. The van der Waals surface area contributed by atoms with Crippen LogP contribution in [-0.4, -0.2) is 29.2 Å². The Bertz CT molecular complexity index is 1330. The van der Waals surface area contributed by atoms with Crippen molar-refractivity contribution in [2.75, 3.05) is 12.4 Å². The summed E-state index contributed by atoms with van der Waals surface area (Å²) >= 11 is 1.39. The van der Waals surface area contributed by atoms with Gasteiger partial charge in [0.05, 0.1) is 13.5 Å². The molecule has 3 N–H and O–H groups in total. The van der Waals surface area contributed by atoms with E-state index in [1.165, 1.54) is 24.5 Å². The largest absolute Gasteiger partial charge is 0.508 e. The van der Waals surface area contributed by atoms with Gasteiger partial charge in [-0.3, -0.25) is 9.59 Å². The number of thiophene rings is 1. The summed E-state index contributed by atoms with van der Waals surface area (Å²) in [7, 11) is 1.53. The van der Waals surface area contributed by atoms with Crippen LogP contribution in [0.5, 0.6) is 11.5 Å². The van der Waals surface area contributed by atoms with Gasteiger partial charge in [0.2, 0.25) is 0 Å². The minimum absolute atomic E-state index is 0.0350. The second kappa shape index (κ2) is 9.58. The number of rotatable bonds is 7. The van der Waals surface area contributed by atoms with Crippen molar-refractivity contribution in [2.45, 2.75) is 6.42 Å². The van der Waals surface area contributed by atoms with Crippen molar-refractivity contribution in [3.8, 4) is 33.1 Å². The summed E-state index contributed by atoms with van der Waals surface area (Å²) in [4.78, 5) is 25.7. The van der Waals surface area contributed by atoms with Crippen LogP contribution in [0.25, 0.3) is 21.6 Å². The Balaban J connectivity index is 1.61. The fourth-order valence-electron chi connectivity index (χ4n) is 3.51. The first kappa shape index (κ1) is 22.1. The number of aliphatic carboxylic acids is 1. The first-order chi connectivity index (χ1) is 15.9. The van der Waals surface area contributed by atoms with E-state index in [0.717, 1.165) is 26.4 Å². The lowest BCUT2D eigenvalue weighted by molar-refractivity contribution is -0.136. The molecule has 1 heterocycles. The van der Waals surface area contributed by atoms with Gasteiger partial charge in [-0.15, -0.1) is 11.3 Å². The Morgan fingerprint density at radius 1 is 0.939 bits per heavy atom. The van der Waals surface area contributed by atoms with E-state index in [1.54, 1.807) is 36.4 Å². The number of carbonyl (C=O) groups excluding carboxylic acids is 1. The monoisotopic (exact) mass is 459 g/mol. The topological polar surface area (TPSA) is 95.9 Å². The number of para-hydroxylation sites is 1. The maximum absolute atomic E-state index is 13.1. The minimum Gasteiger partial charge on any atom is -0.508 e. The number of hydrogen-bond acceptors (Lipinski definition) is 5. The molecule has 0 aliphatic carbocycles. The number of aromatic hydroxyl groups is 1. The van der Waals surface area contributed by atoms with Crippen LogP contribution in [0.2, 0.25) is 0 Å². The average molecular weight is 460 g/mol. The third kappa shape index (κ3) is 5.05. The zero-order valence-corrected chi connectivity index (χ0v) is 18.6. The normalized spacial score (nSPS) is 10.6. The van der Waals surface area contributed by atoms with Gasteiger partial charge >= 0.3 is 5.97 Å². The number of carbonyl (C=O) groups is 2. The van der Waals surface area contributed by atoms with Gasteiger partial charge in [-0.25, -0.2) is 0 Å². The number of hydrogen-bond donors (Lipinski definition) is 3. The third-order valence-electron chi connectivity index (χ3n) is 5.05. The Labute approximate surface area is 194 Å². The molecule has 6 nitrogen and oxygen atoms in total. The third-order valence-corrected chi connectivity index (χ3v) is 6.17. The predicted molar refractivity (Wildman–Crippen MR) is 129 cm³/mol. The van der Waals surface area contributed by atoms with Crippen LogP contribution in [0, 0.1) is 0 Å². The Morgan fingerprint density at radius 2 is 1.76 bits per heavy atom. The maximum Gasteiger partial charge on any atom is 0.308 e. The molecule has 1 aromatic heterocycles. The van der Waals surface area contributed by atoms with Gasteiger partial charge in [-0.1, -0.05) is 30.3 Å². The summed E-state index contributed by atoms with van der Waals surface area (Å²) in [6.07, 6.45) is -0.0350. The van der Waals surface area contributed by atoms with E-state index in [0.29, 0.717) is 17.0 Å². The van der Waals surface area contributed by atoms with Crippen molar-refractivity contribution in [2.24, 2.45) is 0 Å². The second-order valence-corrected chi connectivity index (χ2v) is 8.47. The minimum atomic E-state index is -0.880. The zero-order chi connectivity index (χ0) is 23.4. The quantitative estimate of drug-likeness (QED) is 0.331. The predicted octanol–water partition coefficient (Wildman–Crippen LogP) is 5.68. The lowest BCUT2D eigenvalue weighted by Gasteiger charge is -2.12. The number of methoxy groups -OCH3 is 1. The highest BCUT2D eigenvalue weighted by molar-refractivity contribution is 7.15. The molecule has 0 unspecified atom stereocenters. The van der Waals surface area contributed by atoms with Gasteiger partial charge in [0.25, 0.3) is 5.91 Å². The number of anilines is 1. The van der Waals surface area contributed by atoms with Gasteiger partial charge in [-0.2, -0.15) is 0 Å². The highest BCUT2D eigenvalue weighted by atomic mass is 32.1. The van der Waals surface area contributed by atoms with Crippen molar-refractivity contribution in [1.82, 2.24) is 0 Å². The Morgan fingerprint density at radius 3 is 2.55 bits per heavy atom. The van der Waals surface area contributed by atoms with Crippen LogP contribution >= 0.6 is 11.3 Å². The molecule has 0 saturated heterocycles. The molecule has 4 aromatic rings. The van der Waals surface area contributed by atoms with E-state index >= 15 is 0 Å². The van der Waals surface area contributed by atoms with Gasteiger partial charge in [-0.05, 0) is 48.0 Å². The van der Waals surface area contributed by atoms with Gasteiger partial charge in [0.1, 0.15) is 11.5 Å². The lowest BCUT2D eigenvalue weighted by atomic mass is 10.0. The molecular formula is C26H21NO5S. The molecule has 3 aromatic carbocycles. The molecule has 1 amide bonds. The summed E-state index contributed by atoms with van der Waals surface area (Å²) < 4.78 is 5.37. The summed E-state index contributed by atoms with van der Waals surface area (Å²) in [6.45, 7) is 0. The summed E-state index contributed by atoms with van der Waals surface area (Å²) in [5, 5.41) is 21.7. The molecule has 4 rings (SSSR count). The second-order valence-electron chi connectivity index (χ2n) is 7.30. The smallest absolute Gasteiger partial charge is 0.308 e. The van der Waals surface area contributed by atoms with Crippen LogP contribution in [0.15, 0.2) is 78.9 Å². The van der Waals surface area contributed by atoms with E-state index in [4.69, 9.17) is 9.84 Å². The number of ether oxygens (including phenoxy) is 1. The number of phenols is 1.